The van der Waals surface area contributed by atoms with Gasteiger partial charge >= 0.3 is 13.8 Å². The van der Waals surface area contributed by atoms with E-state index >= 15 is 0 Å². The highest BCUT2D eigenvalue weighted by Crippen LogP contribution is 2.43. The van der Waals surface area contributed by atoms with E-state index in [0.717, 1.165) is 64.2 Å². The second-order valence-electron chi connectivity index (χ2n) is 15.2. The van der Waals surface area contributed by atoms with Crippen molar-refractivity contribution < 1.29 is 32.8 Å². The van der Waals surface area contributed by atoms with Crippen molar-refractivity contribution in [3.8, 4) is 0 Å². The first kappa shape index (κ1) is 54.5. The van der Waals surface area contributed by atoms with Gasteiger partial charge in [-0.15, -0.1) is 0 Å². The molecule has 56 heavy (non-hydrogen) atoms. The van der Waals surface area contributed by atoms with Crippen LogP contribution in [0, 0.1) is 0 Å². The van der Waals surface area contributed by atoms with E-state index in [0.29, 0.717) is 13.0 Å². The Bertz CT molecular complexity index is 999. The predicted octanol–water partition coefficient (Wildman–Crippen LogP) is 14.0. The van der Waals surface area contributed by atoms with Crippen LogP contribution in [-0.2, 0) is 27.9 Å². The highest BCUT2D eigenvalue weighted by Gasteiger charge is 2.25. The molecule has 9 heteroatoms. The van der Waals surface area contributed by atoms with Gasteiger partial charge in [0.25, 0.3) is 0 Å². The molecule has 0 aromatic rings. The van der Waals surface area contributed by atoms with E-state index < -0.39 is 13.9 Å². The van der Waals surface area contributed by atoms with E-state index in [4.69, 9.17) is 24.3 Å². The molecule has 0 fully saturated rings. The molecule has 0 rings (SSSR count). The number of carbonyl (C=O) groups is 1. The van der Waals surface area contributed by atoms with Crippen LogP contribution in [0.2, 0.25) is 0 Å². The number of hydrogen-bond donors (Lipinski definition) is 2. The van der Waals surface area contributed by atoms with Gasteiger partial charge in [0.2, 0.25) is 0 Å². The van der Waals surface area contributed by atoms with Crippen molar-refractivity contribution in [3.63, 3.8) is 0 Å². The topological polar surface area (TPSA) is 117 Å². The number of hydrogen-bond acceptors (Lipinski definition) is 7. The van der Waals surface area contributed by atoms with Gasteiger partial charge in [0.1, 0.15) is 6.10 Å². The molecule has 2 unspecified atom stereocenters. The molecule has 0 aromatic carbocycles. The molecule has 328 valence electrons. The highest BCUT2D eigenvalue weighted by molar-refractivity contribution is 7.47. The van der Waals surface area contributed by atoms with Crippen molar-refractivity contribution in [2.45, 2.75) is 213 Å². The first-order valence-corrected chi connectivity index (χ1v) is 24.6. The predicted molar refractivity (Wildman–Crippen MR) is 238 cm³/mol. The molecule has 0 spiro atoms. The molecule has 0 aliphatic rings. The second-order valence-corrected chi connectivity index (χ2v) is 16.7. The molecule has 0 radical (unpaired) electrons. The highest BCUT2D eigenvalue weighted by atomic mass is 31.2. The van der Waals surface area contributed by atoms with Crippen molar-refractivity contribution in [1.29, 1.82) is 0 Å². The van der Waals surface area contributed by atoms with E-state index in [9.17, 15) is 14.3 Å². The zero-order valence-corrected chi connectivity index (χ0v) is 37.3. The number of ether oxygens (including phenoxy) is 2. The standard InChI is InChI=1S/C47H88NO7P/c1-3-5-7-9-11-13-15-17-19-21-22-23-25-27-29-31-33-35-37-39-42-52-44-46(45-54-56(50,51)53-43-41-48)55-47(49)40-38-36-34-32-30-28-26-24-20-18-16-14-12-10-8-6-4-2/h5,7,11,13,17,19,22-23,46H,3-4,6,8-10,12,14-16,18,20-21,24-45,48H2,1-2H3,(H,50,51)/b7-5-,13-11-,19-17-,23-22-. The number of esters is 1. The number of unbranched alkanes of at least 4 members (excludes halogenated alkanes) is 23. The minimum Gasteiger partial charge on any atom is -0.457 e. The number of carbonyl (C=O) groups excluding carboxylic acids is 1. The van der Waals surface area contributed by atoms with Gasteiger partial charge in [0, 0.05) is 19.6 Å². The summed E-state index contributed by atoms with van der Waals surface area (Å²) in [6.07, 6.45) is 52.7. The maximum absolute atomic E-state index is 12.6. The molecule has 0 amide bonds. The molecule has 0 saturated heterocycles. The fourth-order valence-corrected chi connectivity index (χ4v) is 7.17. The average Bonchev–Trinajstić information content (AvgIpc) is 3.19. The number of nitrogens with two attached hydrogens (primary N) is 1. The van der Waals surface area contributed by atoms with E-state index in [2.05, 4.69) is 62.5 Å². The van der Waals surface area contributed by atoms with Gasteiger partial charge in [0.15, 0.2) is 0 Å². The lowest BCUT2D eigenvalue weighted by Crippen LogP contribution is -2.28. The van der Waals surface area contributed by atoms with Crippen LogP contribution in [0.4, 0.5) is 0 Å². The third-order valence-electron chi connectivity index (χ3n) is 9.76. The quantitative estimate of drug-likeness (QED) is 0.0270. The minimum absolute atomic E-state index is 0.0979. The maximum atomic E-state index is 12.6. The summed E-state index contributed by atoms with van der Waals surface area (Å²) < 4.78 is 33.5. The number of allylic oxidation sites excluding steroid dienone is 8. The van der Waals surface area contributed by atoms with Gasteiger partial charge in [0.05, 0.1) is 19.8 Å². The van der Waals surface area contributed by atoms with Crippen molar-refractivity contribution >= 4 is 13.8 Å². The summed E-state index contributed by atoms with van der Waals surface area (Å²) in [6, 6.07) is 0. The van der Waals surface area contributed by atoms with Gasteiger partial charge in [-0.3, -0.25) is 13.8 Å². The van der Waals surface area contributed by atoms with Crippen LogP contribution in [0.15, 0.2) is 48.6 Å². The zero-order valence-electron chi connectivity index (χ0n) is 36.4. The molecule has 0 bridgehead atoms. The van der Waals surface area contributed by atoms with Crippen LogP contribution in [0.5, 0.6) is 0 Å². The third-order valence-corrected chi connectivity index (χ3v) is 10.7. The van der Waals surface area contributed by atoms with Crippen molar-refractivity contribution in [1.82, 2.24) is 0 Å². The van der Waals surface area contributed by atoms with Crippen molar-refractivity contribution in [3.05, 3.63) is 48.6 Å². The molecule has 8 nitrogen and oxygen atoms in total. The Labute approximate surface area is 345 Å². The minimum atomic E-state index is -4.28. The molecule has 0 saturated carbocycles. The fraction of sp³-hybridized carbons (Fsp3) is 0.809. The lowest BCUT2D eigenvalue weighted by molar-refractivity contribution is -0.154. The normalized spacial score (nSPS) is 13.9. The summed E-state index contributed by atoms with van der Waals surface area (Å²) in [5, 5.41) is 0. The van der Waals surface area contributed by atoms with Gasteiger partial charge in [-0.05, 0) is 51.4 Å². The molecule has 0 aliphatic heterocycles. The summed E-state index contributed by atoms with van der Waals surface area (Å²) in [4.78, 5) is 22.5. The van der Waals surface area contributed by atoms with E-state index in [1.807, 2.05) is 0 Å². The summed E-state index contributed by atoms with van der Waals surface area (Å²) in [5.41, 5.74) is 5.38. The maximum Gasteiger partial charge on any atom is 0.472 e. The van der Waals surface area contributed by atoms with E-state index in [1.165, 1.54) is 122 Å². The largest absolute Gasteiger partial charge is 0.472 e. The fourth-order valence-electron chi connectivity index (χ4n) is 6.40. The molecular weight excluding hydrogens is 721 g/mol. The number of rotatable bonds is 44. The number of phosphoric ester groups is 1. The summed E-state index contributed by atoms with van der Waals surface area (Å²) in [7, 11) is -4.28. The third kappa shape index (κ3) is 43.6. The van der Waals surface area contributed by atoms with E-state index in [-0.39, 0.29) is 32.3 Å². The number of phosphoric acid groups is 1. The van der Waals surface area contributed by atoms with Crippen LogP contribution in [0.1, 0.15) is 206 Å². The van der Waals surface area contributed by atoms with Gasteiger partial charge in [-0.1, -0.05) is 197 Å². The van der Waals surface area contributed by atoms with Gasteiger partial charge in [-0.2, -0.15) is 0 Å². The van der Waals surface area contributed by atoms with Crippen molar-refractivity contribution in [2.24, 2.45) is 5.73 Å². The van der Waals surface area contributed by atoms with Crippen LogP contribution >= 0.6 is 7.82 Å². The van der Waals surface area contributed by atoms with Crippen LogP contribution in [0.25, 0.3) is 0 Å². The summed E-state index contributed by atoms with van der Waals surface area (Å²) in [5.74, 6) is -0.333. The Morgan fingerprint density at radius 1 is 0.554 bits per heavy atom. The molecule has 0 heterocycles. The molecule has 2 atom stereocenters. The Kier molecular flexibility index (Phi) is 43.3. The molecule has 3 N–H and O–H groups in total. The zero-order chi connectivity index (χ0) is 40.9. The SMILES string of the molecule is CC/C=C\C/C=C\C/C=C\C/C=C\CCCCCCCCCOCC(COP(=O)(O)OCCN)OC(=O)CCCCCCCCCCCCCCCCCCC. The lowest BCUT2D eigenvalue weighted by Gasteiger charge is -2.20. The Balaban J connectivity index is 4.01. The Morgan fingerprint density at radius 3 is 1.50 bits per heavy atom. The first-order chi connectivity index (χ1) is 27.4. The summed E-state index contributed by atoms with van der Waals surface area (Å²) in [6.45, 7) is 4.81. The molecule has 0 aliphatic carbocycles. The molecular formula is C47H88NO7P. The van der Waals surface area contributed by atoms with Crippen LogP contribution in [-0.4, -0.2) is 49.9 Å². The molecule has 0 aromatic heterocycles. The monoisotopic (exact) mass is 810 g/mol. The average molecular weight is 810 g/mol. The van der Waals surface area contributed by atoms with Crippen LogP contribution in [0.3, 0.4) is 0 Å². The van der Waals surface area contributed by atoms with E-state index in [1.54, 1.807) is 0 Å². The van der Waals surface area contributed by atoms with Gasteiger partial charge < -0.3 is 20.1 Å². The Morgan fingerprint density at radius 2 is 1.00 bits per heavy atom. The first-order valence-electron chi connectivity index (χ1n) is 23.1. The smallest absolute Gasteiger partial charge is 0.457 e. The Hall–Kier alpha value is -1.54. The van der Waals surface area contributed by atoms with Crippen LogP contribution < -0.4 is 5.73 Å². The van der Waals surface area contributed by atoms with Gasteiger partial charge in [-0.25, -0.2) is 4.57 Å². The lowest BCUT2D eigenvalue weighted by atomic mass is 10.0. The second kappa shape index (κ2) is 44.6. The summed E-state index contributed by atoms with van der Waals surface area (Å²) >= 11 is 0. The van der Waals surface area contributed by atoms with Crippen molar-refractivity contribution in [2.75, 3.05) is 33.0 Å².